The summed E-state index contributed by atoms with van der Waals surface area (Å²) in [4.78, 5) is 11.4. The largest absolute Gasteiger partial charge is 0.462 e. The number of hydrogen-bond acceptors (Lipinski definition) is 5. The first-order valence-electron chi connectivity index (χ1n) is 7.60. The predicted octanol–water partition coefficient (Wildman–Crippen LogP) is 1.62. The molecule has 5 nitrogen and oxygen atoms in total. The van der Waals surface area contributed by atoms with Gasteiger partial charge in [-0.2, -0.15) is 0 Å². The molecule has 3 aliphatic rings. The lowest BCUT2D eigenvalue weighted by Crippen LogP contribution is -2.67. The van der Waals surface area contributed by atoms with Crippen LogP contribution in [0.25, 0.3) is 0 Å². The first-order valence-corrected chi connectivity index (χ1v) is 7.60. The Labute approximate surface area is 119 Å². The van der Waals surface area contributed by atoms with Gasteiger partial charge in [0.15, 0.2) is 5.79 Å². The van der Waals surface area contributed by atoms with E-state index in [9.17, 15) is 9.90 Å². The van der Waals surface area contributed by atoms with E-state index in [-0.39, 0.29) is 36.1 Å². The molecule has 2 bridgehead atoms. The van der Waals surface area contributed by atoms with Gasteiger partial charge in [-0.3, -0.25) is 4.79 Å². The van der Waals surface area contributed by atoms with Crippen molar-refractivity contribution in [1.82, 2.24) is 0 Å². The zero-order valence-electron chi connectivity index (χ0n) is 12.3. The van der Waals surface area contributed by atoms with Crippen LogP contribution in [0, 0.1) is 11.3 Å². The summed E-state index contributed by atoms with van der Waals surface area (Å²) < 4.78 is 17.9. The van der Waals surface area contributed by atoms with Gasteiger partial charge in [-0.1, -0.05) is 6.92 Å². The van der Waals surface area contributed by atoms with Gasteiger partial charge in [-0.05, 0) is 25.7 Å². The van der Waals surface area contributed by atoms with Crippen molar-refractivity contribution in [3.8, 4) is 0 Å². The highest BCUT2D eigenvalue weighted by Crippen LogP contribution is 2.57. The molecular weight excluding hydrogens is 260 g/mol. The van der Waals surface area contributed by atoms with Crippen molar-refractivity contribution in [1.29, 1.82) is 0 Å². The second kappa shape index (κ2) is 4.97. The lowest BCUT2D eigenvalue weighted by atomic mass is 9.62. The number of esters is 1. The van der Waals surface area contributed by atoms with E-state index in [1.165, 1.54) is 6.92 Å². The molecule has 1 aliphatic carbocycles. The van der Waals surface area contributed by atoms with Crippen LogP contribution in [-0.4, -0.2) is 42.3 Å². The maximum absolute atomic E-state index is 11.4. The van der Waals surface area contributed by atoms with Crippen molar-refractivity contribution in [3.05, 3.63) is 0 Å². The summed E-state index contributed by atoms with van der Waals surface area (Å²) in [5.74, 6) is -0.807. The molecule has 0 aromatic carbocycles. The number of hydrogen-bond donors (Lipinski definition) is 1. The van der Waals surface area contributed by atoms with Crippen molar-refractivity contribution in [2.75, 3.05) is 13.2 Å². The highest BCUT2D eigenvalue weighted by Gasteiger charge is 2.63. The zero-order valence-corrected chi connectivity index (χ0v) is 12.3. The van der Waals surface area contributed by atoms with Crippen LogP contribution in [0.3, 0.4) is 0 Å². The van der Waals surface area contributed by atoms with Gasteiger partial charge in [0.1, 0.15) is 6.10 Å². The van der Waals surface area contributed by atoms with Crippen LogP contribution < -0.4 is 0 Å². The van der Waals surface area contributed by atoms with Gasteiger partial charge in [-0.25, -0.2) is 0 Å². The first kappa shape index (κ1) is 14.3. The van der Waals surface area contributed by atoms with Gasteiger partial charge >= 0.3 is 5.97 Å². The van der Waals surface area contributed by atoms with E-state index in [1.54, 1.807) is 0 Å². The lowest BCUT2D eigenvalue weighted by Gasteiger charge is -2.61. The maximum atomic E-state index is 11.4. The normalized spacial score (nSPS) is 47.5. The Hall–Kier alpha value is -0.650. The Morgan fingerprint density at radius 1 is 1.40 bits per heavy atom. The van der Waals surface area contributed by atoms with Crippen molar-refractivity contribution < 1.29 is 24.1 Å². The van der Waals surface area contributed by atoms with Gasteiger partial charge in [0.05, 0.1) is 24.7 Å². The second-order valence-electron chi connectivity index (χ2n) is 6.61. The minimum atomic E-state index is -0.639. The molecule has 5 unspecified atom stereocenters. The molecule has 114 valence electrons. The molecule has 1 spiro atoms. The van der Waals surface area contributed by atoms with Crippen LogP contribution in [0.4, 0.5) is 0 Å². The van der Waals surface area contributed by atoms with E-state index in [4.69, 9.17) is 14.2 Å². The number of fused-ring (bicyclic) bond motifs is 1. The predicted molar refractivity (Wildman–Crippen MR) is 70.9 cm³/mol. The summed E-state index contributed by atoms with van der Waals surface area (Å²) in [6.45, 7) is 4.21. The Morgan fingerprint density at radius 3 is 2.90 bits per heavy atom. The van der Waals surface area contributed by atoms with Gasteiger partial charge < -0.3 is 19.3 Å². The van der Waals surface area contributed by atoms with E-state index >= 15 is 0 Å². The number of aliphatic hydroxyl groups is 1. The molecule has 1 saturated carbocycles. The minimum Gasteiger partial charge on any atom is -0.462 e. The van der Waals surface area contributed by atoms with E-state index < -0.39 is 5.79 Å². The SMILES string of the molecule is CC(=O)OC1CCCC23OCC(CO)C(CCC12C)O3. The number of ether oxygens (including phenoxy) is 3. The molecule has 2 heterocycles. The second-order valence-corrected chi connectivity index (χ2v) is 6.61. The lowest BCUT2D eigenvalue weighted by molar-refractivity contribution is -0.403. The molecule has 20 heavy (non-hydrogen) atoms. The molecule has 1 N–H and O–H groups in total. The van der Waals surface area contributed by atoms with Crippen LogP contribution >= 0.6 is 0 Å². The Bertz CT molecular complexity index is 398. The van der Waals surface area contributed by atoms with Crippen molar-refractivity contribution in [3.63, 3.8) is 0 Å². The van der Waals surface area contributed by atoms with Crippen molar-refractivity contribution in [2.24, 2.45) is 11.3 Å². The molecule has 5 atom stereocenters. The third-order valence-electron chi connectivity index (χ3n) is 5.44. The third kappa shape index (κ3) is 1.98. The molecular formula is C15H24O5. The quantitative estimate of drug-likeness (QED) is 0.781. The summed E-state index contributed by atoms with van der Waals surface area (Å²) in [7, 11) is 0. The van der Waals surface area contributed by atoms with Gasteiger partial charge in [0.25, 0.3) is 0 Å². The number of carbonyl (C=O) groups excluding carboxylic acids is 1. The fraction of sp³-hybridized carbons (Fsp3) is 0.933. The standard InChI is InChI=1S/C15H24O5/c1-10(17)19-13-4-3-6-15-14(13,2)7-5-12(20-15)11(8-16)9-18-15/h11-13,16H,3-9H2,1-2H3. The molecule has 3 rings (SSSR count). The summed E-state index contributed by atoms with van der Waals surface area (Å²) in [5.41, 5.74) is -0.284. The summed E-state index contributed by atoms with van der Waals surface area (Å²) in [6, 6.07) is 0. The smallest absolute Gasteiger partial charge is 0.302 e. The Balaban J connectivity index is 1.86. The number of rotatable bonds is 2. The van der Waals surface area contributed by atoms with Crippen LogP contribution in [0.2, 0.25) is 0 Å². The fourth-order valence-corrected chi connectivity index (χ4v) is 4.17. The van der Waals surface area contributed by atoms with Crippen LogP contribution in [0.5, 0.6) is 0 Å². The fourth-order valence-electron chi connectivity index (χ4n) is 4.17. The third-order valence-corrected chi connectivity index (χ3v) is 5.44. The summed E-state index contributed by atoms with van der Waals surface area (Å²) in [5, 5.41) is 9.40. The van der Waals surface area contributed by atoms with Gasteiger partial charge in [0, 0.05) is 19.3 Å². The van der Waals surface area contributed by atoms with Crippen LogP contribution in [-0.2, 0) is 19.0 Å². The Morgan fingerprint density at radius 2 is 2.20 bits per heavy atom. The highest BCUT2D eigenvalue weighted by molar-refractivity contribution is 5.66. The first-order chi connectivity index (χ1) is 9.51. The molecule has 2 saturated heterocycles. The summed E-state index contributed by atoms with van der Waals surface area (Å²) in [6.07, 6.45) is 4.38. The van der Waals surface area contributed by atoms with Crippen molar-refractivity contribution in [2.45, 2.75) is 63.9 Å². The monoisotopic (exact) mass is 284 g/mol. The van der Waals surface area contributed by atoms with Gasteiger partial charge in [-0.15, -0.1) is 0 Å². The zero-order chi connectivity index (χ0) is 14.4. The average molecular weight is 284 g/mol. The molecule has 0 aromatic heterocycles. The molecule has 0 radical (unpaired) electrons. The summed E-state index contributed by atoms with van der Waals surface area (Å²) >= 11 is 0. The van der Waals surface area contributed by atoms with Crippen LogP contribution in [0.15, 0.2) is 0 Å². The molecule has 0 aromatic rings. The van der Waals surface area contributed by atoms with Crippen molar-refractivity contribution >= 4 is 5.97 Å². The molecule has 3 fully saturated rings. The highest BCUT2D eigenvalue weighted by atomic mass is 16.7. The molecule has 5 heteroatoms. The van der Waals surface area contributed by atoms with Crippen LogP contribution in [0.1, 0.15) is 46.0 Å². The molecule has 2 aliphatic heterocycles. The minimum absolute atomic E-state index is 0.0675. The van der Waals surface area contributed by atoms with Gasteiger partial charge in [0.2, 0.25) is 0 Å². The molecule has 0 amide bonds. The maximum Gasteiger partial charge on any atom is 0.302 e. The topological polar surface area (TPSA) is 65.0 Å². The van der Waals surface area contributed by atoms with E-state index in [0.717, 1.165) is 32.1 Å². The van der Waals surface area contributed by atoms with E-state index in [2.05, 4.69) is 6.92 Å². The number of aliphatic hydroxyl groups excluding tert-OH is 1. The Kier molecular flexibility index (Phi) is 3.55. The van der Waals surface area contributed by atoms with E-state index in [0.29, 0.717) is 6.61 Å². The van der Waals surface area contributed by atoms with E-state index in [1.807, 2.05) is 0 Å². The average Bonchev–Trinajstić information content (AvgIpc) is 2.41. The number of carbonyl (C=O) groups is 1.